The Morgan fingerprint density at radius 1 is 1.38 bits per heavy atom. The Kier molecular flexibility index (Phi) is 6.99. The van der Waals surface area contributed by atoms with Crippen LogP contribution >= 0.6 is 12.4 Å². The molecule has 2 rings (SSSR count). The highest BCUT2D eigenvalue weighted by atomic mass is 35.5. The van der Waals surface area contributed by atoms with E-state index < -0.39 is 0 Å². The monoisotopic (exact) mass is 312 g/mol. The summed E-state index contributed by atoms with van der Waals surface area (Å²) in [6.45, 7) is 6.11. The third-order valence-corrected chi connectivity index (χ3v) is 3.99. The van der Waals surface area contributed by atoms with E-state index in [0.29, 0.717) is 23.8 Å². The fourth-order valence-corrected chi connectivity index (χ4v) is 2.72. The maximum atomic E-state index is 12.6. The number of benzene rings is 1. The average molecular weight is 313 g/mol. The Balaban J connectivity index is 0.00000220. The van der Waals surface area contributed by atoms with Gasteiger partial charge in [0.2, 0.25) is 0 Å². The number of rotatable bonds is 4. The van der Waals surface area contributed by atoms with Crippen molar-refractivity contribution in [2.45, 2.75) is 32.7 Å². The van der Waals surface area contributed by atoms with E-state index in [0.717, 1.165) is 25.9 Å². The van der Waals surface area contributed by atoms with Gasteiger partial charge in [0.1, 0.15) is 5.75 Å². The summed E-state index contributed by atoms with van der Waals surface area (Å²) in [5, 5.41) is 0. The summed E-state index contributed by atoms with van der Waals surface area (Å²) in [4.78, 5) is 14.5. The number of nitrogens with zero attached hydrogens (tertiary/aromatic N) is 1. The third-order valence-electron chi connectivity index (χ3n) is 3.99. The van der Waals surface area contributed by atoms with Crippen LogP contribution in [0.15, 0.2) is 24.3 Å². The first-order valence-electron chi connectivity index (χ1n) is 7.40. The molecule has 1 saturated heterocycles. The molecule has 1 fully saturated rings. The number of para-hydroxylation sites is 1. The fourth-order valence-electron chi connectivity index (χ4n) is 2.72. The summed E-state index contributed by atoms with van der Waals surface area (Å²) in [5.41, 5.74) is 6.60. The number of piperidine rings is 1. The summed E-state index contributed by atoms with van der Waals surface area (Å²) >= 11 is 0. The average Bonchev–Trinajstić information content (AvgIpc) is 2.47. The van der Waals surface area contributed by atoms with Gasteiger partial charge in [-0.2, -0.15) is 0 Å². The van der Waals surface area contributed by atoms with E-state index in [9.17, 15) is 4.79 Å². The molecule has 1 aliphatic heterocycles. The molecule has 1 unspecified atom stereocenters. The molecule has 0 aromatic heterocycles. The summed E-state index contributed by atoms with van der Waals surface area (Å²) in [6.07, 6.45) is 1.97. The second-order valence-corrected chi connectivity index (χ2v) is 5.42. The van der Waals surface area contributed by atoms with Gasteiger partial charge in [-0.3, -0.25) is 4.79 Å². The van der Waals surface area contributed by atoms with Crippen LogP contribution in [-0.2, 0) is 0 Å². The fraction of sp³-hybridized carbons (Fsp3) is 0.562. The van der Waals surface area contributed by atoms with Gasteiger partial charge in [-0.1, -0.05) is 12.1 Å². The first-order valence-corrected chi connectivity index (χ1v) is 7.40. The molecule has 0 spiro atoms. The highest BCUT2D eigenvalue weighted by Crippen LogP contribution is 2.24. The third kappa shape index (κ3) is 4.35. The minimum atomic E-state index is 0. The van der Waals surface area contributed by atoms with Gasteiger partial charge in [0.25, 0.3) is 5.91 Å². The smallest absolute Gasteiger partial charge is 0.257 e. The quantitative estimate of drug-likeness (QED) is 0.930. The van der Waals surface area contributed by atoms with Crippen LogP contribution in [0.1, 0.15) is 37.0 Å². The number of carbonyl (C=O) groups excluding carboxylic acids is 1. The lowest BCUT2D eigenvalue weighted by Gasteiger charge is -2.34. The molecule has 1 atom stereocenters. The minimum absolute atomic E-state index is 0. The maximum absolute atomic E-state index is 12.6. The largest absolute Gasteiger partial charge is 0.493 e. The van der Waals surface area contributed by atoms with E-state index in [1.54, 1.807) is 0 Å². The number of carbonyl (C=O) groups is 1. The standard InChI is InChI=1S/C16H24N2O2.ClH/c1-3-20-15-7-5-4-6-14(15)16(19)18-10-8-13(9-11-18)12(2)17;/h4-7,12-13H,3,8-11,17H2,1-2H3;1H. The minimum Gasteiger partial charge on any atom is -0.493 e. The Bertz CT molecular complexity index is 457. The number of likely N-dealkylation sites (tertiary alicyclic amines) is 1. The second kappa shape index (κ2) is 8.25. The van der Waals surface area contributed by atoms with Gasteiger partial charge in [0.05, 0.1) is 12.2 Å². The van der Waals surface area contributed by atoms with E-state index in [1.807, 2.05) is 43.0 Å². The van der Waals surface area contributed by atoms with Crippen LogP contribution in [-0.4, -0.2) is 36.5 Å². The molecule has 0 bridgehead atoms. The van der Waals surface area contributed by atoms with Gasteiger partial charge in [-0.05, 0) is 44.7 Å². The van der Waals surface area contributed by atoms with Crippen molar-refractivity contribution < 1.29 is 9.53 Å². The number of nitrogens with two attached hydrogens (primary N) is 1. The SMILES string of the molecule is CCOc1ccccc1C(=O)N1CCC(C(C)N)CC1.Cl. The van der Waals surface area contributed by atoms with E-state index in [4.69, 9.17) is 10.5 Å². The molecule has 0 saturated carbocycles. The van der Waals surface area contributed by atoms with Crippen LogP contribution < -0.4 is 10.5 Å². The van der Waals surface area contributed by atoms with Crippen molar-refractivity contribution in [2.24, 2.45) is 11.7 Å². The summed E-state index contributed by atoms with van der Waals surface area (Å²) in [6, 6.07) is 7.67. The lowest BCUT2D eigenvalue weighted by molar-refractivity contribution is 0.0677. The van der Waals surface area contributed by atoms with Crippen molar-refractivity contribution in [2.75, 3.05) is 19.7 Å². The van der Waals surface area contributed by atoms with Gasteiger partial charge in [-0.15, -0.1) is 12.4 Å². The van der Waals surface area contributed by atoms with Crippen molar-refractivity contribution in [3.63, 3.8) is 0 Å². The van der Waals surface area contributed by atoms with Crippen molar-refractivity contribution >= 4 is 18.3 Å². The van der Waals surface area contributed by atoms with Crippen LogP contribution in [0.4, 0.5) is 0 Å². The van der Waals surface area contributed by atoms with Gasteiger partial charge >= 0.3 is 0 Å². The zero-order chi connectivity index (χ0) is 14.5. The molecular formula is C16H25ClN2O2. The van der Waals surface area contributed by atoms with E-state index in [-0.39, 0.29) is 24.4 Å². The normalized spacial score (nSPS) is 17.0. The molecule has 2 N–H and O–H groups in total. The maximum Gasteiger partial charge on any atom is 0.257 e. The first kappa shape index (κ1) is 17.8. The zero-order valence-electron chi connectivity index (χ0n) is 12.7. The molecule has 1 amide bonds. The number of hydrogen-bond donors (Lipinski definition) is 1. The Morgan fingerprint density at radius 3 is 2.57 bits per heavy atom. The molecule has 1 aromatic carbocycles. The first-order chi connectivity index (χ1) is 9.63. The molecule has 1 heterocycles. The topological polar surface area (TPSA) is 55.6 Å². The predicted octanol–water partition coefficient (Wildman–Crippen LogP) is 2.71. The van der Waals surface area contributed by atoms with Crippen molar-refractivity contribution in [1.29, 1.82) is 0 Å². The summed E-state index contributed by atoms with van der Waals surface area (Å²) < 4.78 is 5.54. The number of hydrogen-bond acceptors (Lipinski definition) is 3. The van der Waals surface area contributed by atoms with Crippen LogP contribution in [0.5, 0.6) is 5.75 Å². The highest BCUT2D eigenvalue weighted by molar-refractivity contribution is 5.97. The summed E-state index contributed by atoms with van der Waals surface area (Å²) in [5.74, 6) is 1.27. The van der Waals surface area contributed by atoms with E-state index in [2.05, 4.69) is 0 Å². The molecule has 1 aliphatic rings. The number of halogens is 1. The second-order valence-electron chi connectivity index (χ2n) is 5.42. The van der Waals surface area contributed by atoms with Crippen LogP contribution in [0, 0.1) is 5.92 Å². The molecule has 0 aliphatic carbocycles. The molecular weight excluding hydrogens is 288 g/mol. The Labute approximate surface area is 133 Å². The number of ether oxygens (including phenoxy) is 1. The highest BCUT2D eigenvalue weighted by Gasteiger charge is 2.26. The van der Waals surface area contributed by atoms with E-state index >= 15 is 0 Å². The number of amides is 1. The van der Waals surface area contributed by atoms with Crippen LogP contribution in [0.3, 0.4) is 0 Å². The van der Waals surface area contributed by atoms with Crippen LogP contribution in [0.25, 0.3) is 0 Å². The summed E-state index contributed by atoms with van der Waals surface area (Å²) in [7, 11) is 0. The molecule has 5 heteroatoms. The lowest BCUT2D eigenvalue weighted by Crippen LogP contribution is -2.42. The van der Waals surface area contributed by atoms with Gasteiger partial charge in [-0.25, -0.2) is 0 Å². The van der Waals surface area contributed by atoms with Crippen molar-refractivity contribution in [3.8, 4) is 5.75 Å². The molecule has 0 radical (unpaired) electrons. The van der Waals surface area contributed by atoms with E-state index in [1.165, 1.54) is 0 Å². The van der Waals surface area contributed by atoms with Crippen LogP contribution in [0.2, 0.25) is 0 Å². The molecule has 4 nitrogen and oxygen atoms in total. The Morgan fingerprint density at radius 2 is 2.00 bits per heavy atom. The van der Waals surface area contributed by atoms with Crippen molar-refractivity contribution in [1.82, 2.24) is 4.90 Å². The lowest BCUT2D eigenvalue weighted by atomic mass is 9.90. The zero-order valence-corrected chi connectivity index (χ0v) is 13.6. The van der Waals surface area contributed by atoms with Gasteiger partial charge in [0.15, 0.2) is 0 Å². The Hall–Kier alpha value is -1.26. The predicted molar refractivity (Wildman–Crippen MR) is 87.1 cm³/mol. The van der Waals surface area contributed by atoms with Gasteiger partial charge < -0.3 is 15.4 Å². The molecule has 21 heavy (non-hydrogen) atoms. The molecule has 1 aromatic rings. The van der Waals surface area contributed by atoms with Gasteiger partial charge in [0, 0.05) is 19.1 Å². The van der Waals surface area contributed by atoms with Crippen molar-refractivity contribution in [3.05, 3.63) is 29.8 Å². The molecule has 118 valence electrons.